The van der Waals surface area contributed by atoms with Gasteiger partial charge < -0.3 is 10.2 Å². The molecule has 0 aromatic heterocycles. The number of anilines is 1. The van der Waals surface area contributed by atoms with Crippen molar-refractivity contribution in [3.05, 3.63) is 29.8 Å². The van der Waals surface area contributed by atoms with E-state index in [1.807, 2.05) is 0 Å². The van der Waals surface area contributed by atoms with Crippen LogP contribution in [0.25, 0.3) is 0 Å². The molecule has 1 aliphatic carbocycles. The van der Waals surface area contributed by atoms with Gasteiger partial charge in [0.1, 0.15) is 0 Å². The zero-order valence-electron chi connectivity index (χ0n) is 11.9. The van der Waals surface area contributed by atoms with E-state index in [-0.39, 0.29) is 0 Å². The first-order chi connectivity index (χ1) is 8.72. The molecule has 2 rings (SSSR count). The number of rotatable bonds is 7. The van der Waals surface area contributed by atoms with Crippen molar-refractivity contribution in [3.63, 3.8) is 0 Å². The van der Waals surface area contributed by atoms with Gasteiger partial charge in [0, 0.05) is 25.3 Å². The summed E-state index contributed by atoms with van der Waals surface area (Å²) in [6, 6.07) is 9.67. The fourth-order valence-electron chi connectivity index (χ4n) is 2.39. The smallest absolute Gasteiger partial charge is 0.0366 e. The van der Waals surface area contributed by atoms with Gasteiger partial charge in [-0.1, -0.05) is 19.1 Å². The molecular weight excluding hydrogens is 220 g/mol. The highest BCUT2D eigenvalue weighted by atomic mass is 15.1. The maximum atomic E-state index is 3.44. The van der Waals surface area contributed by atoms with Crippen molar-refractivity contribution in [2.45, 2.75) is 45.7 Å². The lowest BCUT2D eigenvalue weighted by molar-refractivity contribution is 0.609. The fourth-order valence-corrected chi connectivity index (χ4v) is 2.39. The first-order valence-electron chi connectivity index (χ1n) is 7.25. The average molecular weight is 246 g/mol. The van der Waals surface area contributed by atoms with Crippen molar-refractivity contribution in [2.75, 3.05) is 18.5 Å². The quantitative estimate of drug-likeness (QED) is 0.742. The summed E-state index contributed by atoms with van der Waals surface area (Å²) in [7, 11) is 2.22. The molecule has 0 radical (unpaired) electrons. The standard InChI is InChI=1S/C16H26N2/c1-4-11-17-12-14-5-9-16(10-6-14)18(3)13(2)15-7-8-15/h5-6,9-10,13,15,17H,4,7-8,11-12H2,1-3H3. The second-order valence-electron chi connectivity index (χ2n) is 5.53. The van der Waals surface area contributed by atoms with Gasteiger partial charge in [-0.3, -0.25) is 0 Å². The van der Waals surface area contributed by atoms with Gasteiger partial charge in [-0.25, -0.2) is 0 Å². The number of nitrogens with one attached hydrogen (secondary N) is 1. The second kappa shape index (κ2) is 6.24. The van der Waals surface area contributed by atoms with E-state index in [1.165, 1.54) is 30.5 Å². The summed E-state index contributed by atoms with van der Waals surface area (Å²) in [5.41, 5.74) is 2.72. The summed E-state index contributed by atoms with van der Waals surface area (Å²) < 4.78 is 0. The van der Waals surface area contributed by atoms with Crippen LogP contribution in [-0.2, 0) is 6.54 Å². The van der Waals surface area contributed by atoms with Crippen LogP contribution in [-0.4, -0.2) is 19.6 Å². The van der Waals surface area contributed by atoms with Crippen LogP contribution < -0.4 is 10.2 Å². The average Bonchev–Trinajstić information content (AvgIpc) is 3.22. The Morgan fingerprint density at radius 2 is 1.94 bits per heavy atom. The zero-order chi connectivity index (χ0) is 13.0. The van der Waals surface area contributed by atoms with Gasteiger partial charge in [-0.2, -0.15) is 0 Å². The van der Waals surface area contributed by atoms with Crippen molar-refractivity contribution in [1.82, 2.24) is 5.32 Å². The van der Waals surface area contributed by atoms with Gasteiger partial charge in [0.05, 0.1) is 0 Å². The first kappa shape index (κ1) is 13.4. The van der Waals surface area contributed by atoms with Gasteiger partial charge in [0.15, 0.2) is 0 Å². The summed E-state index contributed by atoms with van der Waals surface area (Å²) in [5.74, 6) is 0.917. The normalized spacial score (nSPS) is 16.6. The van der Waals surface area contributed by atoms with E-state index < -0.39 is 0 Å². The van der Waals surface area contributed by atoms with E-state index in [2.05, 4.69) is 55.4 Å². The van der Waals surface area contributed by atoms with Crippen molar-refractivity contribution in [2.24, 2.45) is 5.92 Å². The van der Waals surface area contributed by atoms with E-state index >= 15 is 0 Å². The third-order valence-electron chi connectivity index (χ3n) is 4.01. The maximum absolute atomic E-state index is 3.44. The van der Waals surface area contributed by atoms with Crippen LogP contribution in [0, 0.1) is 5.92 Å². The van der Waals surface area contributed by atoms with E-state index in [4.69, 9.17) is 0 Å². The van der Waals surface area contributed by atoms with Crippen LogP contribution in [0.1, 0.15) is 38.7 Å². The molecule has 0 heterocycles. The molecule has 1 unspecified atom stereocenters. The number of benzene rings is 1. The molecule has 2 nitrogen and oxygen atoms in total. The van der Waals surface area contributed by atoms with Gasteiger partial charge in [-0.15, -0.1) is 0 Å². The van der Waals surface area contributed by atoms with E-state index in [0.29, 0.717) is 6.04 Å². The van der Waals surface area contributed by atoms with Gasteiger partial charge in [-0.05, 0) is 56.3 Å². The van der Waals surface area contributed by atoms with Crippen LogP contribution >= 0.6 is 0 Å². The lowest BCUT2D eigenvalue weighted by Gasteiger charge is -2.27. The molecule has 0 amide bonds. The lowest BCUT2D eigenvalue weighted by atomic mass is 10.1. The molecule has 0 spiro atoms. The molecule has 0 bridgehead atoms. The largest absolute Gasteiger partial charge is 0.372 e. The Hall–Kier alpha value is -1.02. The summed E-state index contributed by atoms with van der Waals surface area (Å²) in [6.45, 7) is 6.62. The summed E-state index contributed by atoms with van der Waals surface area (Å²) in [4.78, 5) is 2.42. The number of hydrogen-bond donors (Lipinski definition) is 1. The highest BCUT2D eigenvalue weighted by molar-refractivity contribution is 5.48. The van der Waals surface area contributed by atoms with Crippen molar-refractivity contribution in [3.8, 4) is 0 Å². The SMILES string of the molecule is CCCNCc1ccc(N(C)C(C)C2CC2)cc1. The predicted octanol–water partition coefficient (Wildman–Crippen LogP) is 3.42. The minimum absolute atomic E-state index is 0.675. The summed E-state index contributed by atoms with van der Waals surface area (Å²) in [6.07, 6.45) is 4.01. The van der Waals surface area contributed by atoms with Crippen LogP contribution in [0.4, 0.5) is 5.69 Å². The third kappa shape index (κ3) is 3.49. The Morgan fingerprint density at radius 1 is 1.28 bits per heavy atom. The molecule has 0 saturated heterocycles. The Morgan fingerprint density at radius 3 is 2.50 bits per heavy atom. The fraction of sp³-hybridized carbons (Fsp3) is 0.625. The molecule has 1 aromatic rings. The van der Waals surface area contributed by atoms with E-state index in [0.717, 1.165) is 19.0 Å². The Bertz CT molecular complexity index is 354. The number of hydrogen-bond acceptors (Lipinski definition) is 2. The molecule has 1 aliphatic rings. The van der Waals surface area contributed by atoms with E-state index in [9.17, 15) is 0 Å². The molecular formula is C16H26N2. The van der Waals surface area contributed by atoms with Crippen LogP contribution in [0.5, 0.6) is 0 Å². The zero-order valence-corrected chi connectivity index (χ0v) is 11.9. The molecule has 0 aliphatic heterocycles. The monoisotopic (exact) mass is 246 g/mol. The molecule has 1 saturated carbocycles. The molecule has 100 valence electrons. The summed E-state index contributed by atoms with van der Waals surface area (Å²) in [5, 5.41) is 3.44. The van der Waals surface area contributed by atoms with Crippen molar-refractivity contribution in [1.29, 1.82) is 0 Å². The second-order valence-corrected chi connectivity index (χ2v) is 5.53. The Labute approximate surface area is 111 Å². The number of nitrogens with zero attached hydrogens (tertiary/aromatic N) is 1. The highest BCUT2D eigenvalue weighted by Crippen LogP contribution is 2.36. The Kier molecular flexibility index (Phi) is 4.65. The maximum Gasteiger partial charge on any atom is 0.0366 e. The van der Waals surface area contributed by atoms with Crippen molar-refractivity contribution < 1.29 is 0 Å². The van der Waals surface area contributed by atoms with Gasteiger partial charge >= 0.3 is 0 Å². The van der Waals surface area contributed by atoms with E-state index in [1.54, 1.807) is 0 Å². The highest BCUT2D eigenvalue weighted by Gasteiger charge is 2.30. The molecule has 1 aromatic carbocycles. The molecule has 18 heavy (non-hydrogen) atoms. The topological polar surface area (TPSA) is 15.3 Å². The molecule has 1 N–H and O–H groups in total. The van der Waals surface area contributed by atoms with Gasteiger partial charge in [0.2, 0.25) is 0 Å². The van der Waals surface area contributed by atoms with Crippen LogP contribution in [0.2, 0.25) is 0 Å². The minimum Gasteiger partial charge on any atom is -0.372 e. The molecule has 2 heteroatoms. The minimum atomic E-state index is 0.675. The molecule has 1 atom stereocenters. The lowest BCUT2D eigenvalue weighted by Crippen LogP contribution is -2.30. The molecule has 1 fully saturated rings. The van der Waals surface area contributed by atoms with Crippen LogP contribution in [0.15, 0.2) is 24.3 Å². The Balaban J connectivity index is 1.89. The third-order valence-corrected chi connectivity index (χ3v) is 4.01. The first-order valence-corrected chi connectivity index (χ1v) is 7.25. The van der Waals surface area contributed by atoms with Crippen LogP contribution in [0.3, 0.4) is 0 Å². The van der Waals surface area contributed by atoms with Gasteiger partial charge in [0.25, 0.3) is 0 Å². The predicted molar refractivity (Wildman–Crippen MR) is 79.0 cm³/mol. The van der Waals surface area contributed by atoms with Crippen molar-refractivity contribution >= 4 is 5.69 Å². The summed E-state index contributed by atoms with van der Waals surface area (Å²) >= 11 is 0.